The van der Waals surface area contributed by atoms with Crippen molar-refractivity contribution in [2.45, 2.75) is 14.7 Å². The molecule has 0 unspecified atom stereocenters. The van der Waals surface area contributed by atoms with Crippen LogP contribution in [0, 0.1) is 6.07 Å². The van der Waals surface area contributed by atoms with Gasteiger partial charge in [0.2, 0.25) is 0 Å². The van der Waals surface area contributed by atoms with E-state index in [1.54, 1.807) is 84.9 Å². The molecule has 2 N–H and O–H groups in total. The fraction of sp³-hybridized carbons (Fsp3) is 0. The van der Waals surface area contributed by atoms with Gasteiger partial charge in [-0.05, 0) is 93.9 Å². The summed E-state index contributed by atoms with van der Waals surface area (Å²) in [6, 6.07) is 36.7. The SMILES string of the molecule is O=S(=O)([O-])c1cc(S(=O)(=O)c2c[c-]c(Oc3ccc(-c4ccc(O)cc4)cc3)cc2)ccc1Oc1ccc(-c2ccc(O)cc2)cc1.[Na+].[Na+]. The van der Waals surface area contributed by atoms with E-state index in [0.717, 1.165) is 40.5 Å². The molecular weight excluding hydrogens is 687 g/mol. The molecule has 6 aromatic rings. The number of sulfone groups is 1. The van der Waals surface area contributed by atoms with E-state index in [1.165, 1.54) is 18.2 Å². The Labute approximate surface area is 328 Å². The van der Waals surface area contributed by atoms with Gasteiger partial charge in [-0.25, -0.2) is 16.8 Å². The van der Waals surface area contributed by atoms with Crippen molar-refractivity contribution in [3.8, 4) is 56.8 Å². The maximum atomic E-state index is 13.4. The quantitative estimate of drug-likeness (QED) is 0.130. The summed E-state index contributed by atoms with van der Waals surface area (Å²) in [4.78, 5) is -1.45. The largest absolute Gasteiger partial charge is 1.00 e. The molecule has 0 saturated carbocycles. The average Bonchev–Trinajstić information content (AvgIpc) is 3.06. The Balaban J connectivity index is 0.00000270. The minimum Gasteiger partial charge on any atom is -0.744 e. The standard InChI is InChI=1S/C36H25O9S2.2Na/c37-28-9-1-24(2-10-28)26-5-13-30(14-6-26)44-31-17-19-33(20-18-31)46(39,40)34-21-22-35(36(23-34)47(41,42)43)45-32-15-7-27(8-16-32)25-3-11-29(38)12-4-25;;/h1-17,19-23,37-38H,(H,41,42,43);;/q-1;2*+1/p-1. The van der Waals surface area contributed by atoms with Gasteiger partial charge in [0.25, 0.3) is 0 Å². The molecule has 0 spiro atoms. The van der Waals surface area contributed by atoms with Crippen LogP contribution in [0.3, 0.4) is 0 Å². The number of rotatable bonds is 9. The second-order valence-corrected chi connectivity index (χ2v) is 13.6. The number of hydrogen-bond acceptors (Lipinski definition) is 9. The van der Waals surface area contributed by atoms with E-state index in [4.69, 9.17) is 9.47 Å². The van der Waals surface area contributed by atoms with Gasteiger partial charge in [0.05, 0.1) is 9.79 Å². The number of ether oxygens (including phenoxy) is 2. The third-order valence-electron chi connectivity index (χ3n) is 7.13. The predicted octanol–water partition coefficient (Wildman–Crippen LogP) is 1.56. The van der Waals surface area contributed by atoms with Crippen LogP contribution < -0.4 is 68.6 Å². The van der Waals surface area contributed by atoms with E-state index in [-0.39, 0.29) is 92.8 Å². The van der Waals surface area contributed by atoms with Crippen LogP contribution in [0.5, 0.6) is 34.5 Å². The molecule has 0 bridgehead atoms. The zero-order chi connectivity index (χ0) is 33.2. The average molecular weight is 711 g/mol. The summed E-state index contributed by atoms with van der Waals surface area (Å²) < 4.78 is 74.8. The van der Waals surface area contributed by atoms with Gasteiger partial charge >= 0.3 is 59.1 Å². The van der Waals surface area contributed by atoms with Gasteiger partial charge in [0.15, 0.2) is 9.84 Å². The summed E-state index contributed by atoms with van der Waals surface area (Å²) in [5.41, 5.74) is 3.43. The zero-order valence-corrected chi connectivity index (χ0v) is 31.9. The van der Waals surface area contributed by atoms with E-state index >= 15 is 0 Å². The van der Waals surface area contributed by atoms with Crippen molar-refractivity contribution in [1.82, 2.24) is 0 Å². The van der Waals surface area contributed by atoms with Crippen LogP contribution in [-0.2, 0) is 20.0 Å². The molecule has 236 valence electrons. The Hall–Kier alpha value is -3.62. The number of phenols is 2. The normalized spacial score (nSPS) is 11.1. The first-order chi connectivity index (χ1) is 22.5. The van der Waals surface area contributed by atoms with E-state index < -0.39 is 29.7 Å². The fourth-order valence-electron chi connectivity index (χ4n) is 4.69. The molecule has 13 heteroatoms. The Morgan fingerprint density at radius 2 is 0.959 bits per heavy atom. The van der Waals surface area contributed by atoms with Crippen molar-refractivity contribution in [3.05, 3.63) is 140 Å². The third kappa shape index (κ3) is 9.14. The van der Waals surface area contributed by atoms with Gasteiger partial charge in [-0.1, -0.05) is 48.5 Å². The topological polar surface area (TPSA) is 150 Å². The van der Waals surface area contributed by atoms with Crippen molar-refractivity contribution >= 4 is 20.0 Å². The summed E-state index contributed by atoms with van der Waals surface area (Å²) >= 11 is 0. The second-order valence-electron chi connectivity index (χ2n) is 10.3. The first-order valence-corrected chi connectivity index (χ1v) is 16.9. The first-order valence-electron chi connectivity index (χ1n) is 14.0. The Morgan fingerprint density at radius 3 is 1.39 bits per heavy atom. The molecule has 0 heterocycles. The van der Waals surface area contributed by atoms with Crippen molar-refractivity contribution in [3.63, 3.8) is 0 Å². The minimum atomic E-state index is -5.14. The molecular formula is C36H24Na2O9S2. The van der Waals surface area contributed by atoms with Crippen LogP contribution in [0.1, 0.15) is 0 Å². The first kappa shape index (κ1) is 38.2. The number of phenolic OH excluding ortho intramolecular Hbond substituents is 2. The maximum absolute atomic E-state index is 13.4. The van der Waals surface area contributed by atoms with Crippen molar-refractivity contribution in [2.24, 2.45) is 0 Å². The van der Waals surface area contributed by atoms with Crippen LogP contribution in [0.2, 0.25) is 0 Å². The van der Waals surface area contributed by atoms with E-state index in [0.29, 0.717) is 5.75 Å². The molecule has 6 aromatic carbocycles. The number of hydrogen-bond donors (Lipinski definition) is 2. The van der Waals surface area contributed by atoms with Crippen molar-refractivity contribution in [1.29, 1.82) is 0 Å². The molecule has 0 aliphatic carbocycles. The Kier molecular flexibility index (Phi) is 12.4. The van der Waals surface area contributed by atoms with Crippen LogP contribution in [-0.4, -0.2) is 31.6 Å². The Bertz CT molecular complexity index is 2260. The predicted molar refractivity (Wildman–Crippen MR) is 172 cm³/mol. The Morgan fingerprint density at radius 1 is 0.531 bits per heavy atom. The maximum Gasteiger partial charge on any atom is 1.00 e. The van der Waals surface area contributed by atoms with Crippen molar-refractivity contribution in [2.75, 3.05) is 0 Å². The molecule has 0 atom stereocenters. The summed E-state index contributed by atoms with van der Waals surface area (Å²) in [5, 5.41) is 19.0. The summed E-state index contributed by atoms with van der Waals surface area (Å²) in [6.45, 7) is 0. The van der Waals surface area contributed by atoms with Gasteiger partial charge in [0, 0.05) is 5.75 Å². The van der Waals surface area contributed by atoms with Gasteiger partial charge < -0.3 is 24.2 Å². The van der Waals surface area contributed by atoms with Crippen LogP contribution >= 0.6 is 0 Å². The van der Waals surface area contributed by atoms with Crippen LogP contribution in [0.4, 0.5) is 0 Å². The molecule has 0 radical (unpaired) electrons. The molecule has 0 amide bonds. The number of aromatic hydroxyl groups is 2. The summed E-state index contributed by atoms with van der Waals surface area (Å²) in [7, 11) is -9.40. The van der Waals surface area contributed by atoms with E-state index in [1.807, 2.05) is 12.1 Å². The molecule has 0 aliphatic rings. The monoisotopic (exact) mass is 710 g/mol. The molecule has 6 rings (SSSR count). The van der Waals surface area contributed by atoms with Crippen molar-refractivity contribution < 1.29 is 100 Å². The van der Waals surface area contributed by atoms with Gasteiger partial charge in [-0.2, -0.15) is 12.1 Å². The molecule has 49 heavy (non-hydrogen) atoms. The second kappa shape index (κ2) is 15.9. The van der Waals surface area contributed by atoms with Crippen LogP contribution in [0.15, 0.2) is 148 Å². The molecule has 0 aliphatic heterocycles. The molecule has 0 saturated heterocycles. The minimum absolute atomic E-state index is 0. The van der Waals surface area contributed by atoms with Crippen LogP contribution in [0.25, 0.3) is 22.3 Å². The fourth-order valence-corrected chi connectivity index (χ4v) is 6.65. The van der Waals surface area contributed by atoms with E-state index in [9.17, 15) is 31.6 Å². The molecule has 0 aromatic heterocycles. The van der Waals surface area contributed by atoms with Gasteiger partial charge in [-0.15, -0.1) is 12.1 Å². The summed E-state index contributed by atoms with van der Waals surface area (Å²) in [6.07, 6.45) is 0. The van der Waals surface area contributed by atoms with Gasteiger partial charge in [-0.3, -0.25) is 0 Å². The molecule has 0 fully saturated rings. The smallest absolute Gasteiger partial charge is 0.744 e. The molecule has 9 nitrogen and oxygen atoms in total. The number of benzene rings is 6. The summed E-state index contributed by atoms with van der Waals surface area (Å²) in [5.74, 6) is 0.901. The van der Waals surface area contributed by atoms with Gasteiger partial charge in [0.1, 0.15) is 38.9 Å². The third-order valence-corrected chi connectivity index (χ3v) is 9.73. The van der Waals surface area contributed by atoms with E-state index in [2.05, 4.69) is 6.07 Å². The zero-order valence-electron chi connectivity index (χ0n) is 26.3.